The molecule has 111 heavy (non-hydrogen) atoms. The number of benzene rings is 3. The van der Waals surface area contributed by atoms with Gasteiger partial charge in [-0.2, -0.15) is 0 Å². The van der Waals surface area contributed by atoms with Crippen molar-refractivity contribution in [1.29, 1.82) is 0 Å². The first kappa shape index (κ1) is 83.2. The lowest BCUT2D eigenvalue weighted by molar-refractivity contribution is 0.123. The molecule has 3 aromatic carbocycles. The van der Waals surface area contributed by atoms with Crippen molar-refractivity contribution < 1.29 is 17.7 Å². The summed E-state index contributed by atoms with van der Waals surface area (Å²) < 4.78 is 27.5. The van der Waals surface area contributed by atoms with Gasteiger partial charge in [0.1, 0.15) is 31.1 Å². The molecule has 0 unspecified atom stereocenters. The summed E-state index contributed by atoms with van der Waals surface area (Å²) in [6.45, 7) is 57.1. The van der Waals surface area contributed by atoms with E-state index in [1.165, 1.54) is 70.3 Å². The summed E-state index contributed by atoms with van der Waals surface area (Å²) in [5.74, 6) is 43.0. The standard InChI is InChI=1S/C35H50O2Si.C26H18O2S2.C26H18S4.C12H16S/c1-21(2)35(22(3)4,23(5)6)17-15-29-31-19-27(13)37-34(31)30(32-20-28(14)36-33(29)32)16-18-38(24(7)8,25(9)10)26(11)12;1-15-13-23-21(11-9-19-7-5-17(3)29-19)26-24(14-16(2)28-26)22(25(23)27-15)12-10-20-8-6-18(4)30-20;1-15-5-7-19(27-15)9-11-21-23-13-17(3)30-26(23)22(24-14-18(4)29-25(21)24)12-10-20-8-6-16(2)28-20;1-5-7-11-9(3)10(4)12(13-11)8-6-2/h19-26H,1-14H3;2*5-8,13-14H,1-4H3;5-8H,1-4H3/b;;;7-5+,8-6?. The van der Waals surface area contributed by atoms with Crippen LogP contribution in [0.1, 0.15) is 223 Å². The highest BCUT2D eigenvalue weighted by Crippen LogP contribution is 2.47. The zero-order chi connectivity index (χ0) is 80.2. The van der Waals surface area contributed by atoms with E-state index < -0.39 is 8.07 Å². The van der Waals surface area contributed by atoms with Gasteiger partial charge < -0.3 is 17.7 Å². The zero-order valence-electron chi connectivity index (χ0n) is 69.3. The molecular formula is C99H102O4S7Si. The van der Waals surface area contributed by atoms with E-state index in [0.29, 0.717) is 34.4 Å². The first-order chi connectivity index (χ1) is 52.8. The fraction of sp³-hybridized carbons (Fsp3) is 0.333. The Morgan fingerprint density at radius 3 is 0.874 bits per heavy atom. The summed E-state index contributed by atoms with van der Waals surface area (Å²) in [4.78, 5) is 14.7. The Hall–Kier alpha value is -8.70. The van der Waals surface area contributed by atoms with Crippen LogP contribution >= 0.6 is 79.4 Å². The Labute approximate surface area is 688 Å². The maximum Gasteiger partial charge on any atom is 0.152 e. The summed E-state index contributed by atoms with van der Waals surface area (Å²) in [6.07, 6.45) is 8.55. The van der Waals surface area contributed by atoms with Crippen molar-refractivity contribution in [1.82, 2.24) is 0 Å². The summed E-state index contributed by atoms with van der Waals surface area (Å²) in [6, 6.07) is 29.6. The maximum atomic E-state index is 6.38. The van der Waals surface area contributed by atoms with E-state index in [1.807, 2.05) is 73.8 Å². The molecule has 0 radical (unpaired) electrons. The highest BCUT2D eigenvalue weighted by atomic mass is 32.1. The van der Waals surface area contributed by atoms with Gasteiger partial charge in [-0.15, -0.1) is 84.9 Å². The Morgan fingerprint density at radius 1 is 0.315 bits per heavy atom. The Kier molecular flexibility index (Phi) is 26.3. The van der Waals surface area contributed by atoms with Gasteiger partial charge in [0.15, 0.2) is 22.3 Å². The molecule has 14 aromatic rings. The van der Waals surface area contributed by atoms with Crippen LogP contribution in [-0.4, -0.2) is 8.07 Å². The van der Waals surface area contributed by atoms with Crippen molar-refractivity contribution in [3.05, 3.63) is 223 Å². The van der Waals surface area contributed by atoms with Crippen LogP contribution in [-0.2, 0) is 0 Å². The Balaban J connectivity index is 0.000000153. The predicted octanol–water partition coefficient (Wildman–Crippen LogP) is 30.7. The minimum absolute atomic E-state index is 0.103. The monoisotopic (exact) mass is 1610 g/mol. The maximum absolute atomic E-state index is 6.38. The fourth-order valence-electron chi connectivity index (χ4n) is 15.8. The van der Waals surface area contributed by atoms with Crippen molar-refractivity contribution in [2.75, 3.05) is 0 Å². The Bertz CT molecular complexity index is 5470. The number of hydrogen-bond donors (Lipinski definition) is 0. The molecule has 0 saturated heterocycles. The average Bonchev–Trinajstić information content (AvgIpc) is 1.61. The molecule has 11 heterocycles. The second-order valence-corrected chi connectivity index (χ2v) is 45.2. The molecule has 0 spiro atoms. The van der Waals surface area contributed by atoms with Crippen LogP contribution in [0, 0.1) is 177 Å². The fourth-order valence-corrected chi connectivity index (χ4v) is 27.2. The third kappa shape index (κ3) is 17.7. The topological polar surface area (TPSA) is 52.6 Å². The van der Waals surface area contributed by atoms with Gasteiger partial charge in [0.25, 0.3) is 0 Å². The van der Waals surface area contributed by atoms with Crippen LogP contribution in [0.3, 0.4) is 0 Å². The molecule has 0 fully saturated rings. The Morgan fingerprint density at radius 2 is 0.604 bits per heavy atom. The smallest absolute Gasteiger partial charge is 0.152 e. The van der Waals surface area contributed by atoms with Crippen molar-refractivity contribution >= 4 is 164 Å². The van der Waals surface area contributed by atoms with Gasteiger partial charge in [-0.05, 0) is 240 Å². The summed E-state index contributed by atoms with van der Waals surface area (Å²) in [5.41, 5.74) is 17.4. The van der Waals surface area contributed by atoms with Gasteiger partial charge >= 0.3 is 0 Å². The highest BCUT2D eigenvalue weighted by molar-refractivity contribution is 7.21. The second kappa shape index (κ2) is 35.1. The minimum Gasteiger partial charge on any atom is -0.460 e. The third-order valence-electron chi connectivity index (χ3n) is 21.0. The highest BCUT2D eigenvalue weighted by Gasteiger charge is 2.42. The lowest BCUT2D eigenvalue weighted by Crippen LogP contribution is -2.43. The van der Waals surface area contributed by atoms with E-state index in [1.54, 1.807) is 45.3 Å². The summed E-state index contributed by atoms with van der Waals surface area (Å²) in [7, 11) is -1.92. The van der Waals surface area contributed by atoms with Gasteiger partial charge in [0.2, 0.25) is 0 Å². The van der Waals surface area contributed by atoms with E-state index in [0.717, 1.165) is 120 Å². The molecule has 0 bridgehead atoms. The molecule has 0 saturated carbocycles. The number of allylic oxidation sites excluding steroid dienone is 2. The number of hydrogen-bond acceptors (Lipinski definition) is 11. The average molecular weight is 1610 g/mol. The molecule has 12 heteroatoms. The quantitative estimate of drug-likeness (QED) is 0.112. The molecule has 568 valence electrons. The lowest BCUT2D eigenvalue weighted by Gasteiger charge is -2.40. The molecule has 0 aliphatic rings. The SMILES string of the molecule is CC=Cc1sc(/C=C/C)c(C)c1C.Cc1cc2c(C#C[Si](C(C)C)(C(C)C)C(C)C)c3oc(C)cc3c(C#CC(C(C)C)(C(C)C)C(C)C)c2o1.Cc1cc2c(C#Cc3ccc(C)s3)c3oc(C)cc3c(C#Cc3ccc(C)s3)c2o1.Cc1ccc(C#Cc2c3cc(C)sc3c(C#Cc3ccc(C)s3)c3cc(C)sc23)s1. The van der Waals surface area contributed by atoms with Crippen LogP contribution in [0.5, 0.6) is 0 Å². The van der Waals surface area contributed by atoms with Crippen LogP contribution in [0.15, 0.2) is 115 Å². The number of fused-ring (bicyclic) bond motifs is 6. The molecule has 0 atom stereocenters. The zero-order valence-corrected chi connectivity index (χ0v) is 76.1. The number of aryl methyl sites for hydroxylation is 10. The van der Waals surface area contributed by atoms with Crippen LogP contribution in [0.2, 0.25) is 16.6 Å². The summed E-state index contributed by atoms with van der Waals surface area (Å²) >= 11 is 12.4. The lowest BCUT2D eigenvalue weighted by atomic mass is 9.62. The normalized spacial score (nSPS) is 11.7. The van der Waals surface area contributed by atoms with Crippen molar-refractivity contribution in [2.24, 2.45) is 23.2 Å². The van der Waals surface area contributed by atoms with Gasteiger partial charge in [-0.25, -0.2) is 0 Å². The number of rotatable bonds is 8. The van der Waals surface area contributed by atoms with Crippen LogP contribution in [0.25, 0.3) is 76.2 Å². The van der Waals surface area contributed by atoms with E-state index in [2.05, 4.69) is 320 Å². The first-order valence-corrected chi connectivity index (χ1v) is 46.4. The number of furan rings is 4. The third-order valence-corrected chi connectivity index (χ3v) is 34.4. The van der Waals surface area contributed by atoms with E-state index in [4.69, 9.17) is 17.7 Å². The summed E-state index contributed by atoms with van der Waals surface area (Å²) in [5, 5.41) is 6.39. The molecule has 0 amide bonds. The van der Waals surface area contributed by atoms with Gasteiger partial charge in [0.05, 0.1) is 62.3 Å². The molecular weight excluding hydrogens is 1510 g/mol. The molecule has 0 N–H and O–H groups in total. The van der Waals surface area contributed by atoms with E-state index in [-0.39, 0.29) is 5.41 Å². The van der Waals surface area contributed by atoms with Crippen molar-refractivity contribution in [2.45, 2.75) is 197 Å². The van der Waals surface area contributed by atoms with E-state index >= 15 is 0 Å². The van der Waals surface area contributed by atoms with Crippen LogP contribution < -0.4 is 0 Å². The molecule has 4 nitrogen and oxygen atoms in total. The largest absolute Gasteiger partial charge is 0.460 e. The predicted molar refractivity (Wildman–Crippen MR) is 493 cm³/mol. The minimum atomic E-state index is -1.92. The van der Waals surface area contributed by atoms with Gasteiger partial charge in [0, 0.05) is 76.7 Å². The van der Waals surface area contributed by atoms with Crippen molar-refractivity contribution in [3.8, 4) is 70.7 Å². The van der Waals surface area contributed by atoms with Crippen molar-refractivity contribution in [3.63, 3.8) is 0 Å². The van der Waals surface area contributed by atoms with Gasteiger partial charge in [-0.1, -0.05) is 160 Å². The molecule has 11 aromatic heterocycles. The van der Waals surface area contributed by atoms with Crippen LogP contribution in [0.4, 0.5) is 0 Å². The first-order valence-electron chi connectivity index (χ1n) is 38.4. The molecule has 0 aliphatic carbocycles. The molecule has 14 rings (SSSR count). The van der Waals surface area contributed by atoms with Gasteiger partial charge in [-0.3, -0.25) is 0 Å². The second-order valence-electron chi connectivity index (χ2n) is 30.9. The van der Waals surface area contributed by atoms with E-state index in [9.17, 15) is 0 Å². The number of thiophene rings is 7. The molecule has 0 aliphatic heterocycles.